The first-order valence-corrected chi connectivity index (χ1v) is 10.5. The summed E-state index contributed by atoms with van der Waals surface area (Å²) in [5.74, 6) is 0.971. The SMILES string of the molecule is CCS[C@@H]1CCN2C(=O)c3cc(C=Cc4ccc(O)cc4)ccc3NC(=O)[C@H]12. The average Bonchev–Trinajstić information content (AvgIpc) is 3.07. The highest BCUT2D eigenvalue weighted by Crippen LogP contribution is 2.35. The van der Waals surface area contributed by atoms with E-state index >= 15 is 0 Å². The molecule has 1 fully saturated rings. The zero-order valence-corrected chi connectivity index (χ0v) is 16.4. The van der Waals surface area contributed by atoms with Gasteiger partial charge in [-0.05, 0) is 47.6 Å². The molecule has 6 heteroatoms. The van der Waals surface area contributed by atoms with Crippen LogP contribution in [-0.2, 0) is 4.79 Å². The van der Waals surface area contributed by atoms with Crippen LogP contribution in [0.2, 0.25) is 0 Å². The standard InChI is InChI=1S/C22H22N2O3S/c1-2-28-19-11-12-24-20(19)21(26)23-18-10-7-15(13-17(18)22(24)27)4-3-14-5-8-16(25)9-6-14/h3-10,13,19-20,25H,2,11-12H2,1H3,(H,23,26)/t19-,20+/m1/s1. The van der Waals surface area contributed by atoms with Crippen molar-refractivity contribution in [2.45, 2.75) is 24.6 Å². The molecule has 2 aliphatic heterocycles. The third-order valence-corrected chi connectivity index (χ3v) is 6.40. The Kier molecular flexibility index (Phi) is 5.13. The molecule has 0 saturated carbocycles. The molecule has 0 spiro atoms. The molecule has 2 heterocycles. The summed E-state index contributed by atoms with van der Waals surface area (Å²) in [5.41, 5.74) is 2.94. The monoisotopic (exact) mass is 394 g/mol. The molecule has 144 valence electrons. The summed E-state index contributed by atoms with van der Waals surface area (Å²) in [4.78, 5) is 27.6. The smallest absolute Gasteiger partial charge is 0.256 e. The van der Waals surface area contributed by atoms with E-state index in [9.17, 15) is 14.7 Å². The zero-order valence-electron chi connectivity index (χ0n) is 15.6. The molecule has 28 heavy (non-hydrogen) atoms. The molecule has 5 nitrogen and oxygen atoms in total. The van der Waals surface area contributed by atoms with Gasteiger partial charge in [0.25, 0.3) is 5.91 Å². The largest absolute Gasteiger partial charge is 0.508 e. The number of amides is 2. The summed E-state index contributed by atoms with van der Waals surface area (Å²) >= 11 is 1.74. The lowest BCUT2D eigenvalue weighted by Crippen LogP contribution is -2.44. The highest BCUT2D eigenvalue weighted by molar-refractivity contribution is 7.99. The Labute approximate surface area is 168 Å². The molecule has 0 aromatic heterocycles. The molecular weight excluding hydrogens is 372 g/mol. The van der Waals surface area contributed by atoms with Crippen molar-refractivity contribution in [1.29, 1.82) is 0 Å². The van der Waals surface area contributed by atoms with Crippen molar-refractivity contribution in [3.63, 3.8) is 0 Å². The molecule has 0 unspecified atom stereocenters. The molecule has 2 N–H and O–H groups in total. The summed E-state index contributed by atoms with van der Waals surface area (Å²) in [7, 11) is 0. The second kappa shape index (κ2) is 7.72. The highest BCUT2D eigenvalue weighted by atomic mass is 32.2. The molecule has 2 aliphatic rings. The topological polar surface area (TPSA) is 69.6 Å². The van der Waals surface area contributed by atoms with E-state index in [0.29, 0.717) is 17.8 Å². The Balaban J connectivity index is 1.62. The van der Waals surface area contributed by atoms with Gasteiger partial charge in [-0.1, -0.05) is 37.3 Å². The Morgan fingerprint density at radius 2 is 1.86 bits per heavy atom. The van der Waals surface area contributed by atoms with Crippen molar-refractivity contribution in [2.24, 2.45) is 0 Å². The Morgan fingerprint density at radius 1 is 1.14 bits per heavy atom. The van der Waals surface area contributed by atoms with Crippen molar-refractivity contribution < 1.29 is 14.7 Å². The lowest BCUT2D eigenvalue weighted by atomic mass is 10.1. The van der Waals surface area contributed by atoms with E-state index in [4.69, 9.17) is 0 Å². The Hall–Kier alpha value is -2.73. The van der Waals surface area contributed by atoms with Crippen LogP contribution in [0.15, 0.2) is 42.5 Å². The molecule has 2 aromatic rings. The van der Waals surface area contributed by atoms with Crippen LogP contribution in [0.5, 0.6) is 5.75 Å². The van der Waals surface area contributed by atoms with Crippen molar-refractivity contribution in [3.05, 3.63) is 59.2 Å². The number of carbonyl (C=O) groups is 2. The van der Waals surface area contributed by atoms with Gasteiger partial charge in [0.05, 0.1) is 11.3 Å². The lowest BCUT2D eigenvalue weighted by molar-refractivity contribution is -0.119. The number of rotatable bonds is 4. The maximum atomic E-state index is 13.2. The van der Waals surface area contributed by atoms with E-state index in [1.165, 1.54) is 0 Å². The van der Waals surface area contributed by atoms with Crippen LogP contribution in [-0.4, -0.2) is 45.4 Å². The number of hydrogen-bond acceptors (Lipinski definition) is 4. The maximum Gasteiger partial charge on any atom is 0.256 e. The van der Waals surface area contributed by atoms with Crippen molar-refractivity contribution in [3.8, 4) is 5.75 Å². The first kappa shape index (κ1) is 18.6. The van der Waals surface area contributed by atoms with Crippen LogP contribution in [0.25, 0.3) is 12.2 Å². The normalized spacial score (nSPS) is 21.4. The van der Waals surface area contributed by atoms with E-state index in [2.05, 4.69) is 12.2 Å². The number of nitrogens with one attached hydrogen (secondary N) is 1. The van der Waals surface area contributed by atoms with Gasteiger partial charge in [-0.2, -0.15) is 11.8 Å². The van der Waals surface area contributed by atoms with Gasteiger partial charge in [-0.3, -0.25) is 9.59 Å². The molecule has 2 amide bonds. The fourth-order valence-electron chi connectivity index (χ4n) is 3.78. The molecule has 1 saturated heterocycles. The van der Waals surface area contributed by atoms with Crippen molar-refractivity contribution in [2.75, 3.05) is 17.6 Å². The molecule has 0 aliphatic carbocycles. The second-order valence-corrected chi connectivity index (χ2v) is 8.46. The van der Waals surface area contributed by atoms with Crippen LogP contribution in [0.3, 0.4) is 0 Å². The molecule has 0 radical (unpaired) electrons. The summed E-state index contributed by atoms with van der Waals surface area (Å²) in [5, 5.41) is 12.5. The van der Waals surface area contributed by atoms with E-state index in [0.717, 1.165) is 23.3 Å². The van der Waals surface area contributed by atoms with Crippen molar-refractivity contribution in [1.82, 2.24) is 4.90 Å². The zero-order chi connectivity index (χ0) is 19.7. The number of aromatic hydroxyl groups is 1. The van der Waals surface area contributed by atoms with Gasteiger partial charge >= 0.3 is 0 Å². The predicted molar refractivity (Wildman–Crippen MR) is 113 cm³/mol. The van der Waals surface area contributed by atoms with E-state index < -0.39 is 6.04 Å². The number of nitrogens with zero attached hydrogens (tertiary/aromatic N) is 1. The lowest BCUT2D eigenvalue weighted by Gasteiger charge is -2.23. The quantitative estimate of drug-likeness (QED) is 0.773. The van der Waals surface area contributed by atoms with E-state index in [1.54, 1.807) is 34.9 Å². The minimum atomic E-state index is -0.402. The number of fused-ring (bicyclic) bond motifs is 2. The minimum Gasteiger partial charge on any atom is -0.508 e. The second-order valence-electron chi connectivity index (χ2n) is 6.94. The van der Waals surface area contributed by atoms with Gasteiger partial charge in [0.1, 0.15) is 11.8 Å². The third kappa shape index (κ3) is 3.52. The maximum absolute atomic E-state index is 13.2. The molecular formula is C22H22N2O3S. The highest BCUT2D eigenvalue weighted by Gasteiger charge is 2.44. The Morgan fingerprint density at radius 3 is 2.61 bits per heavy atom. The van der Waals surface area contributed by atoms with Gasteiger partial charge in [0.15, 0.2) is 0 Å². The summed E-state index contributed by atoms with van der Waals surface area (Å²) in [6.07, 6.45) is 4.69. The number of carbonyl (C=O) groups excluding carboxylic acids is 2. The van der Waals surface area contributed by atoms with Gasteiger partial charge < -0.3 is 15.3 Å². The molecule has 2 atom stereocenters. The van der Waals surface area contributed by atoms with Crippen LogP contribution in [0, 0.1) is 0 Å². The van der Waals surface area contributed by atoms with Gasteiger partial charge in [0.2, 0.25) is 5.91 Å². The fraction of sp³-hybridized carbons (Fsp3) is 0.273. The van der Waals surface area contributed by atoms with Gasteiger partial charge in [-0.25, -0.2) is 0 Å². The van der Waals surface area contributed by atoms with Crippen molar-refractivity contribution >= 4 is 41.4 Å². The molecule has 4 rings (SSSR count). The van der Waals surface area contributed by atoms with Crippen LogP contribution >= 0.6 is 11.8 Å². The summed E-state index contributed by atoms with van der Waals surface area (Å²) in [6.45, 7) is 2.69. The first-order chi connectivity index (χ1) is 13.6. The van der Waals surface area contributed by atoms with Crippen LogP contribution in [0.4, 0.5) is 5.69 Å². The predicted octanol–water partition coefficient (Wildman–Crippen LogP) is 3.85. The van der Waals surface area contributed by atoms with Crippen LogP contribution < -0.4 is 5.32 Å². The first-order valence-electron chi connectivity index (χ1n) is 9.41. The molecule has 2 aromatic carbocycles. The van der Waals surface area contributed by atoms with Crippen LogP contribution in [0.1, 0.15) is 34.8 Å². The average molecular weight is 394 g/mol. The Bertz CT molecular complexity index is 939. The number of thioether (sulfide) groups is 1. The van der Waals surface area contributed by atoms with E-state index in [1.807, 2.05) is 36.4 Å². The molecule has 0 bridgehead atoms. The number of phenols is 1. The fourth-order valence-corrected chi connectivity index (χ4v) is 4.93. The summed E-state index contributed by atoms with van der Waals surface area (Å²) in [6, 6.07) is 12.0. The minimum absolute atomic E-state index is 0.0857. The van der Waals surface area contributed by atoms with E-state index in [-0.39, 0.29) is 22.8 Å². The number of benzene rings is 2. The third-order valence-electron chi connectivity index (χ3n) is 5.15. The van der Waals surface area contributed by atoms with Gasteiger partial charge in [-0.15, -0.1) is 0 Å². The number of phenolic OH excluding ortho intramolecular Hbond substituents is 1. The van der Waals surface area contributed by atoms with Gasteiger partial charge in [0, 0.05) is 11.8 Å². The number of anilines is 1. The summed E-state index contributed by atoms with van der Waals surface area (Å²) < 4.78 is 0. The number of hydrogen-bond donors (Lipinski definition) is 2.